The largest absolute Gasteiger partial charge is 0.419 e. The van der Waals surface area contributed by atoms with E-state index in [2.05, 4.69) is 14.9 Å². The van der Waals surface area contributed by atoms with E-state index < -0.39 is 16.1 Å². The lowest BCUT2D eigenvalue weighted by Crippen LogP contribution is -2.30. The van der Waals surface area contributed by atoms with Crippen LogP contribution in [0.2, 0.25) is 5.02 Å². The number of sulfonamides is 1. The van der Waals surface area contributed by atoms with Crippen molar-refractivity contribution in [1.82, 2.24) is 14.9 Å². The Hall–Kier alpha value is -3.00. The molecule has 0 aliphatic carbocycles. The van der Waals surface area contributed by atoms with Crippen molar-refractivity contribution in [2.75, 3.05) is 0 Å². The van der Waals surface area contributed by atoms with Crippen molar-refractivity contribution in [1.29, 1.82) is 0 Å². The molecule has 0 spiro atoms. The Kier molecular flexibility index (Phi) is 6.18. The second kappa shape index (κ2) is 9.01. The Labute approximate surface area is 186 Å². The average Bonchev–Trinajstić information content (AvgIpc) is 3.29. The minimum absolute atomic E-state index is 0.0979. The third-order valence-electron chi connectivity index (χ3n) is 4.84. The summed E-state index contributed by atoms with van der Waals surface area (Å²) >= 11 is 6.38. The Morgan fingerprint density at radius 3 is 2.29 bits per heavy atom. The smallest absolute Gasteiger partial charge is 0.247 e. The number of hydrogen-bond donors (Lipinski definition) is 1. The summed E-state index contributed by atoms with van der Waals surface area (Å²) in [6.45, 7) is 2.01. The van der Waals surface area contributed by atoms with Gasteiger partial charge in [0, 0.05) is 10.6 Å². The summed E-state index contributed by atoms with van der Waals surface area (Å²) in [6.07, 6.45) is 0.820. The molecule has 0 bridgehead atoms. The summed E-state index contributed by atoms with van der Waals surface area (Å²) in [5, 5.41) is 8.59. The highest BCUT2D eigenvalue weighted by atomic mass is 35.5. The third-order valence-corrected chi connectivity index (χ3v) is 6.62. The first-order valence-corrected chi connectivity index (χ1v) is 11.6. The molecular weight excluding hydrogens is 434 g/mol. The number of nitrogens with one attached hydrogen (secondary N) is 1. The van der Waals surface area contributed by atoms with Crippen molar-refractivity contribution in [3.05, 3.63) is 101 Å². The fraction of sp³-hybridized carbons (Fsp3) is 0.130. The van der Waals surface area contributed by atoms with E-state index in [4.69, 9.17) is 16.0 Å². The number of nitrogens with zero attached hydrogens (tertiary/aromatic N) is 2. The number of aryl methyl sites for hydroxylation is 1. The molecule has 4 aromatic rings. The van der Waals surface area contributed by atoms with Crippen LogP contribution in [0.15, 0.2) is 88.2 Å². The fourth-order valence-electron chi connectivity index (χ4n) is 3.13. The zero-order valence-electron chi connectivity index (χ0n) is 16.7. The van der Waals surface area contributed by atoms with Gasteiger partial charge in [0.25, 0.3) is 0 Å². The summed E-state index contributed by atoms with van der Waals surface area (Å²) in [5.41, 5.74) is 2.30. The van der Waals surface area contributed by atoms with Gasteiger partial charge in [-0.1, -0.05) is 67.1 Å². The lowest BCUT2D eigenvalue weighted by molar-refractivity contribution is 0.464. The highest BCUT2D eigenvalue weighted by molar-refractivity contribution is 7.89. The van der Waals surface area contributed by atoms with Gasteiger partial charge in [0.15, 0.2) is 0 Å². The lowest BCUT2D eigenvalue weighted by atomic mass is 10.1. The van der Waals surface area contributed by atoms with E-state index in [1.165, 1.54) is 0 Å². The van der Waals surface area contributed by atoms with Gasteiger partial charge in [-0.05, 0) is 47.9 Å². The molecule has 158 valence electrons. The van der Waals surface area contributed by atoms with E-state index in [9.17, 15) is 8.42 Å². The second-order valence-electron chi connectivity index (χ2n) is 6.88. The Morgan fingerprint density at radius 2 is 1.61 bits per heavy atom. The van der Waals surface area contributed by atoms with Crippen LogP contribution in [0.3, 0.4) is 0 Å². The van der Waals surface area contributed by atoms with Gasteiger partial charge in [-0.3, -0.25) is 0 Å². The van der Waals surface area contributed by atoms with Crippen LogP contribution in [0, 0.1) is 0 Å². The summed E-state index contributed by atoms with van der Waals surface area (Å²) in [6, 6.07) is 22.0. The minimum Gasteiger partial charge on any atom is -0.419 e. The molecule has 0 aliphatic heterocycles. The van der Waals surface area contributed by atoms with Gasteiger partial charge >= 0.3 is 0 Å². The van der Waals surface area contributed by atoms with Gasteiger partial charge in [0.05, 0.1) is 4.90 Å². The highest BCUT2D eigenvalue weighted by Crippen LogP contribution is 2.31. The number of aromatic nitrogens is 2. The first-order chi connectivity index (χ1) is 15.0. The van der Waals surface area contributed by atoms with E-state index in [0.29, 0.717) is 16.5 Å². The molecule has 1 heterocycles. The van der Waals surface area contributed by atoms with Crippen molar-refractivity contribution < 1.29 is 12.8 Å². The monoisotopic (exact) mass is 453 g/mol. The van der Waals surface area contributed by atoms with Crippen molar-refractivity contribution >= 4 is 21.6 Å². The molecule has 1 aromatic heterocycles. The fourth-order valence-corrected chi connectivity index (χ4v) is 4.55. The SMILES string of the molecule is CCc1ccc(S(=O)(=O)N[C@@H](c2nnc(-c3ccccc3)o2)c2ccccc2Cl)cc1. The molecule has 6 nitrogen and oxygen atoms in total. The number of hydrogen-bond acceptors (Lipinski definition) is 5. The Balaban J connectivity index is 1.74. The summed E-state index contributed by atoms with van der Waals surface area (Å²) < 4.78 is 34.8. The van der Waals surface area contributed by atoms with Gasteiger partial charge in [-0.2, -0.15) is 4.72 Å². The van der Waals surface area contributed by atoms with Gasteiger partial charge in [-0.25, -0.2) is 8.42 Å². The maximum atomic E-state index is 13.1. The minimum atomic E-state index is -3.89. The molecule has 1 N–H and O–H groups in total. The molecule has 3 aromatic carbocycles. The molecular formula is C23H20ClN3O3S. The van der Waals surface area contributed by atoms with Crippen LogP contribution in [0.4, 0.5) is 0 Å². The lowest BCUT2D eigenvalue weighted by Gasteiger charge is -2.17. The summed E-state index contributed by atoms with van der Waals surface area (Å²) in [7, 11) is -3.89. The van der Waals surface area contributed by atoms with Crippen LogP contribution >= 0.6 is 11.6 Å². The van der Waals surface area contributed by atoms with Gasteiger partial charge in [-0.15, -0.1) is 10.2 Å². The van der Waals surface area contributed by atoms with Crippen molar-refractivity contribution in [3.63, 3.8) is 0 Å². The van der Waals surface area contributed by atoms with Crippen LogP contribution in [-0.4, -0.2) is 18.6 Å². The van der Waals surface area contributed by atoms with E-state index in [1.54, 1.807) is 48.5 Å². The third kappa shape index (κ3) is 4.69. The molecule has 31 heavy (non-hydrogen) atoms. The predicted octanol–water partition coefficient (Wildman–Crippen LogP) is 5.02. The van der Waals surface area contributed by atoms with Crippen LogP contribution in [0.1, 0.15) is 30.0 Å². The molecule has 0 unspecified atom stereocenters. The second-order valence-corrected chi connectivity index (χ2v) is 9.01. The van der Waals surface area contributed by atoms with Crippen molar-refractivity contribution in [2.45, 2.75) is 24.3 Å². The molecule has 4 rings (SSSR count). The molecule has 0 amide bonds. The molecule has 0 radical (unpaired) electrons. The van der Waals surface area contributed by atoms with Crippen LogP contribution in [0.5, 0.6) is 0 Å². The zero-order chi connectivity index (χ0) is 21.8. The maximum absolute atomic E-state index is 13.1. The van der Waals surface area contributed by atoms with Crippen molar-refractivity contribution in [3.8, 4) is 11.5 Å². The predicted molar refractivity (Wildman–Crippen MR) is 119 cm³/mol. The number of halogens is 1. The van der Waals surface area contributed by atoms with E-state index in [1.807, 2.05) is 37.3 Å². The average molecular weight is 454 g/mol. The van der Waals surface area contributed by atoms with Crippen LogP contribution in [-0.2, 0) is 16.4 Å². The van der Waals surface area contributed by atoms with Gasteiger partial charge < -0.3 is 4.42 Å². The van der Waals surface area contributed by atoms with Crippen molar-refractivity contribution in [2.24, 2.45) is 0 Å². The molecule has 8 heteroatoms. The van der Waals surface area contributed by atoms with Gasteiger partial charge in [0.1, 0.15) is 6.04 Å². The zero-order valence-corrected chi connectivity index (χ0v) is 18.3. The molecule has 0 fully saturated rings. The van der Waals surface area contributed by atoms with E-state index in [0.717, 1.165) is 17.5 Å². The van der Waals surface area contributed by atoms with E-state index >= 15 is 0 Å². The summed E-state index contributed by atoms with van der Waals surface area (Å²) in [4.78, 5) is 0.143. The topological polar surface area (TPSA) is 85.1 Å². The summed E-state index contributed by atoms with van der Waals surface area (Å²) in [5.74, 6) is 0.389. The first-order valence-electron chi connectivity index (χ1n) is 9.72. The normalized spacial score (nSPS) is 12.6. The Bertz CT molecular complexity index is 1270. The molecule has 1 atom stereocenters. The first kappa shape index (κ1) is 21.2. The standard InChI is InChI=1S/C23H20ClN3O3S/c1-2-16-12-14-18(15-13-16)31(28,29)27-21(19-10-6-7-11-20(19)24)23-26-25-22(30-23)17-8-4-3-5-9-17/h3-15,21,27H,2H2,1H3/t21-/m1/s1. The van der Waals surface area contributed by atoms with Crippen LogP contribution in [0.25, 0.3) is 11.5 Å². The number of rotatable bonds is 7. The molecule has 0 aliphatic rings. The van der Waals surface area contributed by atoms with Crippen LogP contribution < -0.4 is 4.72 Å². The highest BCUT2D eigenvalue weighted by Gasteiger charge is 2.29. The molecule has 0 saturated carbocycles. The quantitative estimate of drug-likeness (QED) is 0.424. The van der Waals surface area contributed by atoms with Gasteiger partial charge in [0.2, 0.25) is 21.8 Å². The van der Waals surface area contributed by atoms with E-state index in [-0.39, 0.29) is 10.8 Å². The Morgan fingerprint density at radius 1 is 0.935 bits per heavy atom. The number of benzene rings is 3. The molecule has 0 saturated heterocycles. The maximum Gasteiger partial charge on any atom is 0.247 e.